The van der Waals surface area contributed by atoms with Crippen LogP contribution in [0, 0.1) is 0 Å². The highest BCUT2D eigenvalue weighted by atomic mass is 16.6. The third kappa shape index (κ3) is 1.93. The number of rotatable bonds is 1. The molecular formula is C24H19N3O3. The van der Waals surface area contributed by atoms with Gasteiger partial charge in [-0.1, -0.05) is 24.3 Å². The van der Waals surface area contributed by atoms with Gasteiger partial charge in [-0.3, -0.25) is 9.98 Å². The van der Waals surface area contributed by atoms with Crippen molar-refractivity contribution in [2.45, 2.75) is 11.5 Å². The van der Waals surface area contributed by atoms with Gasteiger partial charge in [0, 0.05) is 23.5 Å². The smallest absolute Gasteiger partial charge is 0.165 e. The van der Waals surface area contributed by atoms with Crippen molar-refractivity contribution in [3.8, 4) is 17.2 Å². The molecule has 1 aromatic heterocycles. The van der Waals surface area contributed by atoms with Crippen molar-refractivity contribution in [1.82, 2.24) is 4.98 Å². The average Bonchev–Trinajstić information content (AvgIpc) is 3.47. The summed E-state index contributed by atoms with van der Waals surface area (Å²) >= 11 is 0. The van der Waals surface area contributed by atoms with E-state index in [1.807, 2.05) is 24.4 Å². The summed E-state index contributed by atoms with van der Waals surface area (Å²) in [5.74, 6) is 3.41. The lowest BCUT2D eigenvalue weighted by Gasteiger charge is -2.27. The average molecular weight is 397 g/mol. The highest BCUT2D eigenvalue weighted by Gasteiger charge is 2.58. The standard InChI is InChI=1S/C24H19N3O3/c1-2-7-18-15(5-1)24(23-26-13-19(27(18)23)17-6-3-4-8-25-17)14-30-20-12-22-21(11-16(20)24)28-9-10-29-22/h1-8,11-12,19H,9-10,13-14H2/t19?,24-/m0/s1. The predicted molar refractivity (Wildman–Crippen MR) is 112 cm³/mol. The third-order valence-electron chi connectivity index (χ3n) is 6.54. The molecule has 5 heterocycles. The van der Waals surface area contributed by atoms with Crippen LogP contribution in [0.25, 0.3) is 0 Å². The Bertz CT molecular complexity index is 1210. The number of amidine groups is 1. The number of aromatic nitrogens is 1. The minimum atomic E-state index is -0.439. The number of hydrogen-bond donors (Lipinski definition) is 0. The first kappa shape index (κ1) is 16.3. The summed E-state index contributed by atoms with van der Waals surface area (Å²) in [4.78, 5) is 12.0. The molecule has 1 spiro atoms. The normalized spacial score (nSPS) is 24.9. The maximum atomic E-state index is 6.25. The summed E-state index contributed by atoms with van der Waals surface area (Å²) < 4.78 is 17.9. The van der Waals surface area contributed by atoms with Crippen molar-refractivity contribution >= 4 is 11.5 Å². The van der Waals surface area contributed by atoms with Crippen LogP contribution in [0.5, 0.6) is 17.2 Å². The lowest BCUT2D eigenvalue weighted by Crippen LogP contribution is -2.41. The molecule has 4 aliphatic rings. The number of aliphatic imine (C=N–C) groups is 1. The third-order valence-corrected chi connectivity index (χ3v) is 6.54. The Morgan fingerprint density at radius 1 is 0.867 bits per heavy atom. The van der Waals surface area contributed by atoms with Crippen LogP contribution >= 0.6 is 0 Å². The first-order chi connectivity index (χ1) is 14.9. The van der Waals surface area contributed by atoms with E-state index in [1.54, 1.807) is 0 Å². The van der Waals surface area contributed by atoms with Gasteiger partial charge in [0.25, 0.3) is 0 Å². The minimum Gasteiger partial charge on any atom is -0.491 e. The lowest BCUT2D eigenvalue weighted by atomic mass is 9.76. The van der Waals surface area contributed by atoms with Gasteiger partial charge in [0.2, 0.25) is 0 Å². The molecule has 0 saturated carbocycles. The summed E-state index contributed by atoms with van der Waals surface area (Å²) in [5, 5.41) is 0. The summed E-state index contributed by atoms with van der Waals surface area (Å²) in [7, 11) is 0. The fraction of sp³-hybridized carbons (Fsp3) is 0.250. The Morgan fingerprint density at radius 2 is 1.70 bits per heavy atom. The molecule has 0 bridgehead atoms. The van der Waals surface area contributed by atoms with Gasteiger partial charge in [-0.05, 0) is 29.8 Å². The molecule has 2 aromatic carbocycles. The van der Waals surface area contributed by atoms with E-state index in [1.165, 1.54) is 11.3 Å². The van der Waals surface area contributed by atoms with E-state index < -0.39 is 5.41 Å². The number of hydrogen-bond acceptors (Lipinski definition) is 6. The van der Waals surface area contributed by atoms with Gasteiger partial charge in [0.15, 0.2) is 11.5 Å². The molecule has 30 heavy (non-hydrogen) atoms. The molecule has 3 aromatic rings. The van der Waals surface area contributed by atoms with Crippen LogP contribution in [-0.4, -0.2) is 37.2 Å². The Labute approximate surface area is 173 Å². The van der Waals surface area contributed by atoms with E-state index in [4.69, 9.17) is 19.2 Å². The summed E-state index contributed by atoms with van der Waals surface area (Å²) in [6, 6.07) is 18.8. The summed E-state index contributed by atoms with van der Waals surface area (Å²) in [6.07, 6.45) is 1.85. The molecular weight excluding hydrogens is 378 g/mol. The number of benzene rings is 2. The van der Waals surface area contributed by atoms with Gasteiger partial charge in [-0.2, -0.15) is 0 Å². The molecule has 6 nitrogen and oxygen atoms in total. The molecule has 6 heteroatoms. The molecule has 1 unspecified atom stereocenters. The van der Waals surface area contributed by atoms with Gasteiger partial charge in [0.1, 0.15) is 36.8 Å². The Morgan fingerprint density at radius 3 is 2.57 bits per heavy atom. The Balaban J connectivity index is 1.44. The van der Waals surface area contributed by atoms with Crippen molar-refractivity contribution in [3.63, 3.8) is 0 Å². The molecule has 4 aliphatic heterocycles. The molecule has 148 valence electrons. The van der Waals surface area contributed by atoms with Crippen molar-refractivity contribution in [3.05, 3.63) is 77.6 Å². The summed E-state index contributed by atoms with van der Waals surface area (Å²) in [6.45, 7) is 2.33. The van der Waals surface area contributed by atoms with Gasteiger partial charge in [-0.25, -0.2) is 0 Å². The van der Waals surface area contributed by atoms with Crippen molar-refractivity contribution in [2.75, 3.05) is 31.3 Å². The molecule has 0 amide bonds. The number of ether oxygens (including phenoxy) is 3. The SMILES string of the molecule is c1ccc(C2CN=C3N2c2ccccc2[C@]32COc3cc4c(cc32)OCCO4)nc1. The molecule has 0 radical (unpaired) electrons. The van der Waals surface area contributed by atoms with Crippen LogP contribution in [0.4, 0.5) is 5.69 Å². The Kier molecular flexibility index (Phi) is 3.12. The number of anilines is 1. The van der Waals surface area contributed by atoms with Crippen molar-refractivity contribution in [1.29, 1.82) is 0 Å². The van der Waals surface area contributed by atoms with Gasteiger partial charge in [0.05, 0.1) is 18.3 Å². The predicted octanol–water partition coefficient (Wildman–Crippen LogP) is 3.50. The fourth-order valence-corrected chi connectivity index (χ4v) is 5.26. The highest BCUT2D eigenvalue weighted by Crippen LogP contribution is 2.57. The fourth-order valence-electron chi connectivity index (χ4n) is 5.26. The van der Waals surface area contributed by atoms with E-state index >= 15 is 0 Å². The van der Waals surface area contributed by atoms with E-state index in [0.29, 0.717) is 26.4 Å². The topological polar surface area (TPSA) is 56.2 Å². The summed E-state index contributed by atoms with van der Waals surface area (Å²) in [5.41, 5.74) is 4.09. The monoisotopic (exact) mass is 397 g/mol. The zero-order valence-electron chi connectivity index (χ0n) is 16.2. The highest BCUT2D eigenvalue weighted by molar-refractivity contribution is 6.16. The zero-order valence-corrected chi connectivity index (χ0v) is 16.2. The molecule has 7 rings (SSSR count). The van der Waals surface area contributed by atoms with Crippen LogP contribution in [0.3, 0.4) is 0 Å². The van der Waals surface area contributed by atoms with E-state index in [2.05, 4.69) is 46.3 Å². The van der Waals surface area contributed by atoms with Gasteiger partial charge in [-0.15, -0.1) is 0 Å². The van der Waals surface area contributed by atoms with Crippen molar-refractivity contribution in [2.24, 2.45) is 4.99 Å². The number of fused-ring (bicyclic) bond motifs is 8. The molecule has 2 atom stereocenters. The lowest BCUT2D eigenvalue weighted by molar-refractivity contribution is 0.171. The van der Waals surface area contributed by atoms with Crippen LogP contribution in [0.1, 0.15) is 22.9 Å². The number of para-hydroxylation sites is 1. The van der Waals surface area contributed by atoms with Crippen LogP contribution in [0.2, 0.25) is 0 Å². The van der Waals surface area contributed by atoms with E-state index in [9.17, 15) is 0 Å². The largest absolute Gasteiger partial charge is 0.491 e. The van der Waals surface area contributed by atoms with Gasteiger partial charge < -0.3 is 19.1 Å². The molecule has 0 fully saturated rings. The second-order valence-corrected chi connectivity index (χ2v) is 8.01. The molecule has 0 N–H and O–H groups in total. The second kappa shape index (κ2) is 5.75. The quantitative estimate of drug-likeness (QED) is 0.629. The molecule has 0 aliphatic carbocycles. The first-order valence-electron chi connectivity index (χ1n) is 10.3. The molecule has 0 saturated heterocycles. The number of nitrogens with zero attached hydrogens (tertiary/aromatic N) is 3. The maximum Gasteiger partial charge on any atom is 0.165 e. The van der Waals surface area contributed by atoms with Crippen molar-refractivity contribution < 1.29 is 14.2 Å². The van der Waals surface area contributed by atoms with E-state index in [0.717, 1.165) is 34.3 Å². The maximum absolute atomic E-state index is 6.25. The van der Waals surface area contributed by atoms with Crippen LogP contribution < -0.4 is 19.1 Å². The van der Waals surface area contributed by atoms with Crippen LogP contribution in [-0.2, 0) is 5.41 Å². The minimum absolute atomic E-state index is 0.0861. The van der Waals surface area contributed by atoms with Crippen LogP contribution in [0.15, 0.2) is 65.8 Å². The second-order valence-electron chi connectivity index (χ2n) is 8.01. The first-order valence-corrected chi connectivity index (χ1v) is 10.3. The Hall–Kier alpha value is -3.54. The number of pyridine rings is 1. The zero-order chi connectivity index (χ0) is 19.7. The van der Waals surface area contributed by atoms with E-state index in [-0.39, 0.29) is 6.04 Å². The van der Waals surface area contributed by atoms with Gasteiger partial charge >= 0.3 is 0 Å².